The number of benzene rings is 2. The average Bonchev–Trinajstić information content (AvgIpc) is 2.54. The maximum Gasteiger partial charge on any atom is 0.234 e. The predicted octanol–water partition coefficient (Wildman–Crippen LogP) is 2.76. The number of carbonyl (C=O) groups excluding carboxylic acids is 1. The quantitative estimate of drug-likeness (QED) is 0.787. The van der Waals surface area contributed by atoms with Crippen molar-refractivity contribution >= 4 is 5.91 Å². The summed E-state index contributed by atoms with van der Waals surface area (Å²) in [5, 5.41) is 3.11. The van der Waals surface area contributed by atoms with Crippen LogP contribution in [0, 0.1) is 5.82 Å². The van der Waals surface area contributed by atoms with Gasteiger partial charge < -0.3 is 15.8 Å². The van der Waals surface area contributed by atoms with Gasteiger partial charge in [-0.25, -0.2) is 4.39 Å². The Hall–Kier alpha value is -2.40. The first kappa shape index (κ1) is 17.0. The number of rotatable bonds is 8. The summed E-state index contributed by atoms with van der Waals surface area (Å²) in [6.07, 6.45) is 0.644. The molecular formula is C18H21FN2O2. The molecule has 23 heavy (non-hydrogen) atoms. The predicted molar refractivity (Wildman–Crippen MR) is 87.3 cm³/mol. The molecule has 2 aromatic rings. The van der Waals surface area contributed by atoms with Crippen LogP contribution in [0.5, 0.6) is 5.75 Å². The molecule has 1 amide bonds. The van der Waals surface area contributed by atoms with Crippen LogP contribution < -0.4 is 15.8 Å². The lowest BCUT2D eigenvalue weighted by molar-refractivity contribution is -0.120. The van der Waals surface area contributed by atoms with Crippen LogP contribution in [-0.2, 0) is 17.9 Å². The zero-order valence-corrected chi connectivity index (χ0v) is 13.1. The Morgan fingerprint density at radius 2 is 1.96 bits per heavy atom. The number of hydrogen-bond acceptors (Lipinski definition) is 3. The van der Waals surface area contributed by atoms with Gasteiger partial charge in [-0.15, -0.1) is 0 Å². The van der Waals surface area contributed by atoms with Crippen molar-refractivity contribution in [1.29, 1.82) is 0 Å². The van der Waals surface area contributed by atoms with E-state index in [1.165, 1.54) is 12.1 Å². The number of nitrogens with one attached hydrogen (secondary N) is 1. The molecule has 0 aliphatic heterocycles. The van der Waals surface area contributed by atoms with E-state index in [2.05, 4.69) is 5.32 Å². The van der Waals surface area contributed by atoms with Gasteiger partial charge in [-0.2, -0.15) is 0 Å². The standard InChI is InChI=1S/C18H21FN2O2/c1-2-17(18(20)22)21-11-13-5-4-8-16(10-13)23-12-14-6-3-7-15(19)9-14/h3-10,17,21H,2,11-12H2,1H3,(H2,20,22). The van der Waals surface area contributed by atoms with E-state index in [1.54, 1.807) is 6.07 Å². The number of ether oxygens (including phenoxy) is 1. The molecule has 0 bridgehead atoms. The number of amides is 1. The van der Waals surface area contributed by atoms with Crippen molar-refractivity contribution in [2.75, 3.05) is 0 Å². The van der Waals surface area contributed by atoms with Crippen LogP contribution in [0.4, 0.5) is 4.39 Å². The topological polar surface area (TPSA) is 64.3 Å². The summed E-state index contributed by atoms with van der Waals surface area (Å²) >= 11 is 0. The first-order valence-corrected chi connectivity index (χ1v) is 7.57. The fourth-order valence-corrected chi connectivity index (χ4v) is 2.23. The summed E-state index contributed by atoms with van der Waals surface area (Å²) in [6, 6.07) is 13.5. The molecule has 0 aliphatic carbocycles. The molecule has 0 spiro atoms. The largest absolute Gasteiger partial charge is 0.489 e. The molecule has 0 aliphatic rings. The highest BCUT2D eigenvalue weighted by Crippen LogP contribution is 2.16. The van der Waals surface area contributed by atoms with Crippen molar-refractivity contribution in [2.45, 2.75) is 32.5 Å². The third kappa shape index (κ3) is 5.38. The van der Waals surface area contributed by atoms with E-state index in [4.69, 9.17) is 10.5 Å². The van der Waals surface area contributed by atoms with Gasteiger partial charge in [-0.1, -0.05) is 31.2 Å². The summed E-state index contributed by atoms with van der Waals surface area (Å²) in [5.74, 6) is 0.0628. The van der Waals surface area contributed by atoms with Crippen LogP contribution in [0.3, 0.4) is 0 Å². The van der Waals surface area contributed by atoms with E-state index in [0.29, 0.717) is 25.3 Å². The fourth-order valence-electron chi connectivity index (χ4n) is 2.23. The summed E-state index contributed by atoms with van der Waals surface area (Å²) < 4.78 is 18.8. The van der Waals surface area contributed by atoms with Crippen LogP contribution in [0.2, 0.25) is 0 Å². The Morgan fingerprint density at radius 1 is 1.22 bits per heavy atom. The lowest BCUT2D eigenvalue weighted by Gasteiger charge is -2.14. The minimum atomic E-state index is -0.356. The van der Waals surface area contributed by atoms with Crippen LogP contribution in [-0.4, -0.2) is 11.9 Å². The van der Waals surface area contributed by atoms with E-state index >= 15 is 0 Å². The summed E-state index contributed by atoms with van der Waals surface area (Å²) in [7, 11) is 0. The van der Waals surface area contributed by atoms with Gasteiger partial charge in [0.05, 0.1) is 6.04 Å². The van der Waals surface area contributed by atoms with Crippen LogP contribution >= 0.6 is 0 Å². The lowest BCUT2D eigenvalue weighted by Crippen LogP contribution is -2.40. The van der Waals surface area contributed by atoms with Gasteiger partial charge in [0.1, 0.15) is 18.2 Å². The van der Waals surface area contributed by atoms with Crippen molar-refractivity contribution < 1.29 is 13.9 Å². The van der Waals surface area contributed by atoms with Gasteiger partial charge in [0.15, 0.2) is 0 Å². The maximum absolute atomic E-state index is 13.1. The molecule has 122 valence electrons. The lowest BCUT2D eigenvalue weighted by atomic mass is 10.1. The van der Waals surface area contributed by atoms with E-state index in [1.807, 2.05) is 37.3 Å². The number of nitrogens with two attached hydrogens (primary N) is 1. The van der Waals surface area contributed by atoms with E-state index < -0.39 is 0 Å². The number of hydrogen-bond donors (Lipinski definition) is 2. The minimum absolute atomic E-state index is 0.277. The molecular weight excluding hydrogens is 295 g/mol. The molecule has 0 saturated carbocycles. The molecule has 1 atom stereocenters. The Kier molecular flexibility index (Phi) is 6.11. The average molecular weight is 316 g/mol. The Balaban J connectivity index is 1.93. The monoisotopic (exact) mass is 316 g/mol. The SMILES string of the molecule is CCC(NCc1cccc(OCc2cccc(F)c2)c1)C(N)=O. The van der Waals surface area contributed by atoms with Gasteiger partial charge >= 0.3 is 0 Å². The summed E-state index contributed by atoms with van der Waals surface area (Å²) in [5.41, 5.74) is 7.07. The second-order valence-electron chi connectivity index (χ2n) is 5.31. The van der Waals surface area contributed by atoms with Crippen molar-refractivity contribution in [3.8, 4) is 5.75 Å². The zero-order valence-electron chi connectivity index (χ0n) is 13.1. The third-order valence-corrected chi connectivity index (χ3v) is 3.50. The third-order valence-electron chi connectivity index (χ3n) is 3.50. The van der Waals surface area contributed by atoms with Gasteiger partial charge in [-0.05, 0) is 41.8 Å². The molecule has 2 aromatic carbocycles. The number of carbonyl (C=O) groups is 1. The molecule has 0 aromatic heterocycles. The normalized spacial score (nSPS) is 11.9. The van der Waals surface area contributed by atoms with Gasteiger partial charge in [-0.3, -0.25) is 4.79 Å². The minimum Gasteiger partial charge on any atom is -0.489 e. The first-order valence-electron chi connectivity index (χ1n) is 7.57. The van der Waals surface area contributed by atoms with Crippen molar-refractivity contribution in [3.05, 3.63) is 65.5 Å². The van der Waals surface area contributed by atoms with E-state index in [-0.39, 0.29) is 17.8 Å². The second-order valence-corrected chi connectivity index (χ2v) is 5.31. The molecule has 0 radical (unpaired) electrons. The van der Waals surface area contributed by atoms with Crippen molar-refractivity contribution in [3.63, 3.8) is 0 Å². The first-order chi connectivity index (χ1) is 11.1. The van der Waals surface area contributed by atoms with E-state index in [9.17, 15) is 9.18 Å². The number of primary amides is 1. The molecule has 3 N–H and O–H groups in total. The molecule has 4 nitrogen and oxygen atoms in total. The van der Waals surface area contributed by atoms with Crippen molar-refractivity contribution in [1.82, 2.24) is 5.32 Å². The molecule has 5 heteroatoms. The van der Waals surface area contributed by atoms with Crippen LogP contribution in [0.25, 0.3) is 0 Å². The summed E-state index contributed by atoms with van der Waals surface area (Å²) in [6.45, 7) is 2.73. The molecule has 1 unspecified atom stereocenters. The Labute approximate surface area is 135 Å². The smallest absolute Gasteiger partial charge is 0.234 e. The molecule has 0 fully saturated rings. The van der Waals surface area contributed by atoms with Gasteiger partial charge in [0, 0.05) is 6.54 Å². The Bertz CT molecular complexity index is 661. The molecule has 0 saturated heterocycles. The fraction of sp³-hybridized carbons (Fsp3) is 0.278. The van der Waals surface area contributed by atoms with Gasteiger partial charge in [0.25, 0.3) is 0 Å². The van der Waals surface area contributed by atoms with Crippen LogP contribution in [0.15, 0.2) is 48.5 Å². The maximum atomic E-state index is 13.1. The number of halogens is 1. The zero-order chi connectivity index (χ0) is 16.7. The molecule has 2 rings (SSSR count). The van der Waals surface area contributed by atoms with E-state index in [0.717, 1.165) is 11.1 Å². The second kappa shape index (κ2) is 8.29. The highest BCUT2D eigenvalue weighted by Gasteiger charge is 2.11. The molecule has 0 heterocycles. The van der Waals surface area contributed by atoms with Crippen molar-refractivity contribution in [2.24, 2.45) is 5.73 Å². The highest BCUT2D eigenvalue weighted by molar-refractivity contribution is 5.79. The Morgan fingerprint density at radius 3 is 2.65 bits per heavy atom. The highest BCUT2D eigenvalue weighted by atomic mass is 19.1. The van der Waals surface area contributed by atoms with Gasteiger partial charge in [0.2, 0.25) is 5.91 Å². The summed E-state index contributed by atoms with van der Waals surface area (Å²) in [4.78, 5) is 11.2. The van der Waals surface area contributed by atoms with Crippen LogP contribution in [0.1, 0.15) is 24.5 Å².